The molecule has 4 rings (SSSR count). The van der Waals surface area contributed by atoms with Gasteiger partial charge < -0.3 is 10.1 Å². The van der Waals surface area contributed by atoms with Crippen LogP contribution in [0.15, 0.2) is 48.5 Å². The number of amides is 2. The number of anilines is 2. The van der Waals surface area contributed by atoms with Crippen molar-refractivity contribution in [2.75, 3.05) is 30.5 Å². The highest BCUT2D eigenvalue weighted by Crippen LogP contribution is 2.36. The number of aromatic nitrogens is 2. The van der Waals surface area contributed by atoms with E-state index in [4.69, 9.17) is 4.74 Å². The second-order valence-electron chi connectivity index (χ2n) is 6.84. The normalized spacial score (nSPS) is 15.9. The zero-order valence-corrected chi connectivity index (χ0v) is 15.9. The molecule has 3 aromatic rings. The van der Waals surface area contributed by atoms with E-state index in [9.17, 15) is 9.59 Å². The highest BCUT2D eigenvalue weighted by molar-refractivity contribution is 6.05. The first kappa shape index (κ1) is 18.2. The minimum absolute atomic E-state index is 0.0456. The Bertz CT molecular complexity index is 1040. The van der Waals surface area contributed by atoms with E-state index in [2.05, 4.69) is 10.3 Å². The molecule has 0 saturated heterocycles. The number of methoxy groups -OCH3 is 1. The van der Waals surface area contributed by atoms with Gasteiger partial charge in [-0.05, 0) is 30.7 Å². The molecule has 0 radical (unpaired) electrons. The molecule has 2 heterocycles. The molecule has 0 spiro atoms. The topological polar surface area (TPSA) is 76.5 Å². The van der Waals surface area contributed by atoms with Gasteiger partial charge in [-0.25, -0.2) is 4.98 Å². The van der Waals surface area contributed by atoms with Gasteiger partial charge in [-0.3, -0.25) is 19.1 Å². The van der Waals surface area contributed by atoms with Crippen molar-refractivity contribution in [1.82, 2.24) is 9.55 Å². The van der Waals surface area contributed by atoms with Gasteiger partial charge in [0.2, 0.25) is 11.9 Å². The van der Waals surface area contributed by atoms with E-state index in [0.717, 1.165) is 22.3 Å². The van der Waals surface area contributed by atoms with Crippen LogP contribution in [0.3, 0.4) is 0 Å². The molecule has 144 valence electrons. The van der Waals surface area contributed by atoms with Gasteiger partial charge in [0.1, 0.15) is 6.04 Å². The highest BCUT2D eigenvalue weighted by atomic mass is 16.5. The Kier molecular flexibility index (Phi) is 4.83. The average Bonchev–Trinajstić information content (AvgIpc) is 3.17. The van der Waals surface area contributed by atoms with Crippen LogP contribution in [0.4, 0.5) is 11.6 Å². The molecule has 1 aromatic heterocycles. The second-order valence-corrected chi connectivity index (χ2v) is 6.84. The molecule has 0 fully saturated rings. The zero-order chi connectivity index (χ0) is 19.7. The maximum Gasteiger partial charge on any atom is 0.253 e. The second kappa shape index (κ2) is 7.44. The summed E-state index contributed by atoms with van der Waals surface area (Å²) in [6.45, 7) is 2.73. The number of ether oxygens (including phenoxy) is 1. The lowest BCUT2D eigenvalue weighted by atomic mass is 10.1. The summed E-state index contributed by atoms with van der Waals surface area (Å²) >= 11 is 0. The lowest BCUT2D eigenvalue weighted by Crippen LogP contribution is -2.33. The van der Waals surface area contributed by atoms with Gasteiger partial charge in [0.25, 0.3) is 5.91 Å². The van der Waals surface area contributed by atoms with Crippen molar-refractivity contribution in [3.63, 3.8) is 0 Å². The summed E-state index contributed by atoms with van der Waals surface area (Å²) in [6.07, 6.45) is 0.0456. The van der Waals surface area contributed by atoms with E-state index in [1.807, 2.05) is 60.0 Å². The molecule has 0 unspecified atom stereocenters. The molecule has 7 heteroatoms. The average molecular weight is 378 g/mol. The van der Waals surface area contributed by atoms with Gasteiger partial charge in [0.15, 0.2) is 0 Å². The number of carbonyl (C=O) groups is 2. The fourth-order valence-electron chi connectivity index (χ4n) is 3.58. The number of carbonyl (C=O) groups excluding carboxylic acids is 2. The van der Waals surface area contributed by atoms with Crippen molar-refractivity contribution in [1.29, 1.82) is 0 Å². The summed E-state index contributed by atoms with van der Waals surface area (Å²) in [7, 11) is 1.59. The van der Waals surface area contributed by atoms with Crippen LogP contribution in [0.1, 0.15) is 18.0 Å². The first-order chi connectivity index (χ1) is 13.6. The lowest BCUT2D eigenvalue weighted by molar-refractivity contribution is -0.124. The number of benzene rings is 2. The molecular weight excluding hydrogens is 356 g/mol. The van der Waals surface area contributed by atoms with Gasteiger partial charge in [-0.15, -0.1) is 0 Å². The summed E-state index contributed by atoms with van der Waals surface area (Å²) in [5, 5.41) is 2.92. The third kappa shape index (κ3) is 3.14. The van der Waals surface area contributed by atoms with Crippen molar-refractivity contribution >= 4 is 34.5 Å². The van der Waals surface area contributed by atoms with Crippen molar-refractivity contribution < 1.29 is 14.3 Å². The van der Waals surface area contributed by atoms with E-state index in [-0.39, 0.29) is 18.2 Å². The fraction of sp³-hybridized carbons (Fsp3) is 0.286. The number of rotatable bonds is 6. The van der Waals surface area contributed by atoms with Crippen LogP contribution in [0.5, 0.6) is 0 Å². The van der Waals surface area contributed by atoms with Crippen molar-refractivity contribution in [2.24, 2.45) is 0 Å². The quantitative estimate of drug-likeness (QED) is 0.716. The summed E-state index contributed by atoms with van der Waals surface area (Å²) in [6, 6.07) is 14.6. The molecule has 1 N–H and O–H groups in total. The Labute approximate surface area is 162 Å². The highest BCUT2D eigenvalue weighted by Gasteiger charge is 2.40. The largest absolute Gasteiger partial charge is 0.383 e. The van der Waals surface area contributed by atoms with Crippen molar-refractivity contribution in [3.8, 4) is 0 Å². The van der Waals surface area contributed by atoms with Gasteiger partial charge in [-0.1, -0.05) is 30.3 Å². The molecule has 28 heavy (non-hydrogen) atoms. The third-order valence-corrected chi connectivity index (χ3v) is 5.00. The Morgan fingerprint density at radius 1 is 1.18 bits per heavy atom. The molecule has 1 aliphatic heterocycles. The Balaban J connectivity index is 1.64. The van der Waals surface area contributed by atoms with Crippen LogP contribution in [-0.4, -0.2) is 41.6 Å². The smallest absolute Gasteiger partial charge is 0.253 e. The first-order valence-electron chi connectivity index (χ1n) is 9.23. The third-order valence-electron chi connectivity index (χ3n) is 5.00. The van der Waals surface area contributed by atoms with Crippen LogP contribution in [0.25, 0.3) is 11.0 Å². The fourth-order valence-corrected chi connectivity index (χ4v) is 3.58. The summed E-state index contributed by atoms with van der Waals surface area (Å²) in [5.74, 6) is 0.229. The monoisotopic (exact) mass is 378 g/mol. The van der Waals surface area contributed by atoms with Crippen LogP contribution in [-0.2, 0) is 14.3 Å². The Morgan fingerprint density at radius 3 is 2.71 bits per heavy atom. The number of nitrogens with zero attached hydrogens (tertiary/aromatic N) is 3. The van der Waals surface area contributed by atoms with Crippen LogP contribution in [0.2, 0.25) is 0 Å². The van der Waals surface area contributed by atoms with Gasteiger partial charge >= 0.3 is 0 Å². The van der Waals surface area contributed by atoms with E-state index >= 15 is 0 Å². The molecule has 2 amide bonds. The molecule has 1 atom stereocenters. The first-order valence-corrected chi connectivity index (χ1v) is 9.23. The Hall–Kier alpha value is -3.19. The van der Waals surface area contributed by atoms with Gasteiger partial charge in [0, 0.05) is 12.8 Å². The maximum atomic E-state index is 13.1. The standard InChI is InChI=1S/C21H22N4O3/c1-14-7-3-4-8-15(14)22-19(26)13-18-20(27)24(11-12-28-2)21-23-16-9-5-6-10-17(16)25(18)21/h3-10,18H,11-13H2,1-2H3,(H,22,26)/t18-/m1/s1. The number of para-hydroxylation sites is 3. The predicted octanol–water partition coefficient (Wildman–Crippen LogP) is 2.91. The molecule has 1 aliphatic rings. The van der Waals surface area contributed by atoms with E-state index in [1.54, 1.807) is 12.0 Å². The van der Waals surface area contributed by atoms with Crippen molar-refractivity contribution in [3.05, 3.63) is 54.1 Å². The summed E-state index contributed by atoms with van der Waals surface area (Å²) in [5.41, 5.74) is 3.38. The zero-order valence-electron chi connectivity index (χ0n) is 15.9. The maximum absolute atomic E-state index is 13.1. The SMILES string of the molecule is COCCN1C(=O)[C@@H](CC(=O)Nc2ccccc2C)n2c1nc1ccccc12. The predicted molar refractivity (Wildman–Crippen MR) is 107 cm³/mol. The molecular formula is C21H22N4O3. The number of nitrogens with one attached hydrogen (secondary N) is 1. The summed E-state index contributed by atoms with van der Waals surface area (Å²) < 4.78 is 7.01. The molecule has 7 nitrogen and oxygen atoms in total. The van der Waals surface area contributed by atoms with E-state index in [0.29, 0.717) is 19.1 Å². The number of aryl methyl sites for hydroxylation is 1. The molecule has 0 saturated carbocycles. The molecule has 2 aromatic carbocycles. The minimum Gasteiger partial charge on any atom is -0.383 e. The van der Waals surface area contributed by atoms with Crippen LogP contribution < -0.4 is 10.2 Å². The van der Waals surface area contributed by atoms with Gasteiger partial charge in [-0.2, -0.15) is 0 Å². The molecule has 0 aliphatic carbocycles. The molecule has 0 bridgehead atoms. The lowest BCUT2D eigenvalue weighted by Gasteiger charge is -2.15. The van der Waals surface area contributed by atoms with E-state index < -0.39 is 6.04 Å². The minimum atomic E-state index is -0.622. The summed E-state index contributed by atoms with van der Waals surface area (Å²) in [4.78, 5) is 32.0. The van der Waals surface area contributed by atoms with Crippen LogP contribution in [0, 0.1) is 6.92 Å². The van der Waals surface area contributed by atoms with E-state index in [1.165, 1.54) is 0 Å². The van der Waals surface area contributed by atoms with Crippen molar-refractivity contribution in [2.45, 2.75) is 19.4 Å². The van der Waals surface area contributed by atoms with Crippen LogP contribution >= 0.6 is 0 Å². The van der Waals surface area contributed by atoms with Gasteiger partial charge in [0.05, 0.1) is 30.6 Å². The number of imidazole rings is 1. The Morgan fingerprint density at radius 2 is 1.93 bits per heavy atom. The number of fused-ring (bicyclic) bond motifs is 3. The number of hydrogen-bond acceptors (Lipinski definition) is 4. The number of hydrogen-bond donors (Lipinski definition) is 1.